The summed E-state index contributed by atoms with van der Waals surface area (Å²) in [5, 5.41) is 17.4. The molecule has 2 rings (SSSR count). The highest BCUT2D eigenvalue weighted by molar-refractivity contribution is 5.23. The molecule has 1 heterocycles. The zero-order chi connectivity index (χ0) is 7.84. The lowest BCUT2D eigenvalue weighted by Gasteiger charge is -2.03. The second kappa shape index (κ2) is 2.12. The van der Waals surface area contributed by atoms with Crippen molar-refractivity contribution in [2.24, 2.45) is 0 Å². The van der Waals surface area contributed by atoms with Crippen molar-refractivity contribution in [3.63, 3.8) is 0 Å². The van der Waals surface area contributed by atoms with Crippen LogP contribution in [-0.2, 0) is 12.8 Å². The fourth-order valence-corrected chi connectivity index (χ4v) is 1.61. The summed E-state index contributed by atoms with van der Waals surface area (Å²) in [6, 6.07) is 1.63. The first-order valence-corrected chi connectivity index (χ1v) is 3.76. The fourth-order valence-electron chi connectivity index (χ4n) is 1.61. The largest absolute Gasteiger partial charge is 0.429 e. The van der Waals surface area contributed by atoms with Crippen LogP contribution in [0.25, 0.3) is 0 Å². The molecule has 0 unspecified atom stereocenters. The van der Waals surface area contributed by atoms with Gasteiger partial charge in [0.05, 0.1) is 11.1 Å². The van der Waals surface area contributed by atoms with Crippen molar-refractivity contribution >= 4 is 0 Å². The molecular weight excluding hydrogens is 140 g/mol. The van der Waals surface area contributed by atoms with Crippen molar-refractivity contribution in [2.75, 3.05) is 0 Å². The van der Waals surface area contributed by atoms with Crippen LogP contribution in [0.4, 0.5) is 0 Å². The van der Waals surface area contributed by atoms with Crippen LogP contribution in [0.15, 0.2) is 12.3 Å². The van der Waals surface area contributed by atoms with E-state index in [1.54, 1.807) is 6.07 Å². The van der Waals surface area contributed by atoms with E-state index in [4.69, 9.17) is 5.41 Å². The summed E-state index contributed by atoms with van der Waals surface area (Å²) in [6.45, 7) is 0. The van der Waals surface area contributed by atoms with Crippen molar-refractivity contribution in [3.05, 3.63) is 28.9 Å². The van der Waals surface area contributed by atoms with Gasteiger partial charge >= 0.3 is 0 Å². The molecule has 1 aliphatic carbocycles. The number of nitrogens with zero attached hydrogens (tertiary/aromatic N) is 1. The van der Waals surface area contributed by atoms with Gasteiger partial charge in [0.25, 0.3) is 0 Å². The fraction of sp³-hybridized carbons (Fsp3) is 0.375. The molecule has 58 valence electrons. The molecule has 0 aliphatic heterocycles. The summed E-state index contributed by atoms with van der Waals surface area (Å²) in [7, 11) is 0. The third kappa shape index (κ3) is 0.843. The Hall–Kier alpha value is -1.25. The molecule has 11 heavy (non-hydrogen) atoms. The van der Waals surface area contributed by atoms with Gasteiger partial charge < -0.3 is 10.6 Å². The van der Waals surface area contributed by atoms with Crippen LogP contribution in [0.2, 0.25) is 0 Å². The molecule has 0 atom stereocenters. The molecular formula is C8H10N2O. The van der Waals surface area contributed by atoms with Gasteiger partial charge in [-0.3, -0.25) is 0 Å². The van der Waals surface area contributed by atoms with Crippen LogP contribution in [0, 0.1) is 5.41 Å². The van der Waals surface area contributed by atoms with Crippen LogP contribution in [-0.4, -0.2) is 9.94 Å². The van der Waals surface area contributed by atoms with Crippen LogP contribution in [0.5, 0.6) is 0 Å². The van der Waals surface area contributed by atoms with E-state index in [1.165, 1.54) is 6.20 Å². The van der Waals surface area contributed by atoms with Gasteiger partial charge in [0, 0.05) is 11.8 Å². The van der Waals surface area contributed by atoms with Gasteiger partial charge in [-0.15, -0.1) is 0 Å². The first-order chi connectivity index (χ1) is 5.29. The minimum Gasteiger partial charge on any atom is -0.429 e. The Labute approximate surface area is 64.4 Å². The van der Waals surface area contributed by atoms with E-state index in [0.717, 1.165) is 35.3 Å². The summed E-state index contributed by atoms with van der Waals surface area (Å²) in [5.74, 6) is 0. The summed E-state index contributed by atoms with van der Waals surface area (Å²) >= 11 is 0. The van der Waals surface area contributed by atoms with Crippen LogP contribution >= 0.6 is 0 Å². The Kier molecular flexibility index (Phi) is 1.24. The molecule has 0 radical (unpaired) electrons. The zero-order valence-corrected chi connectivity index (χ0v) is 6.17. The molecule has 1 aliphatic rings. The molecule has 1 aromatic heterocycles. The standard InChI is InChI=1S/C8H10N2O/c9-7-4-5-10(11)8-3-1-2-6(7)8/h4-5,9,11H,1-3H2. The number of fused-ring (bicyclic) bond motifs is 1. The molecule has 0 spiro atoms. The lowest BCUT2D eigenvalue weighted by Crippen LogP contribution is -2.12. The molecule has 0 saturated heterocycles. The highest BCUT2D eigenvalue weighted by Crippen LogP contribution is 2.16. The van der Waals surface area contributed by atoms with Crippen LogP contribution in [0.3, 0.4) is 0 Å². The molecule has 0 bridgehead atoms. The van der Waals surface area contributed by atoms with E-state index in [9.17, 15) is 5.21 Å². The third-order valence-corrected chi connectivity index (χ3v) is 2.17. The van der Waals surface area contributed by atoms with E-state index in [0.29, 0.717) is 5.36 Å². The first kappa shape index (κ1) is 6.46. The predicted molar refractivity (Wildman–Crippen MR) is 39.5 cm³/mol. The monoisotopic (exact) mass is 150 g/mol. The minimum absolute atomic E-state index is 0.558. The third-order valence-electron chi connectivity index (χ3n) is 2.17. The average Bonchev–Trinajstić information content (AvgIpc) is 2.45. The lowest BCUT2D eigenvalue weighted by atomic mass is 10.2. The molecule has 3 heteroatoms. The Morgan fingerprint density at radius 1 is 1.45 bits per heavy atom. The van der Waals surface area contributed by atoms with Crippen molar-refractivity contribution in [1.82, 2.24) is 4.73 Å². The lowest BCUT2D eigenvalue weighted by molar-refractivity contribution is 0.175. The topological polar surface area (TPSA) is 49.0 Å². The van der Waals surface area contributed by atoms with Crippen molar-refractivity contribution in [3.8, 4) is 0 Å². The maximum atomic E-state index is 9.29. The number of pyridine rings is 1. The average molecular weight is 150 g/mol. The number of aromatic nitrogens is 1. The Balaban J connectivity index is 2.74. The van der Waals surface area contributed by atoms with Gasteiger partial charge in [0.1, 0.15) is 0 Å². The van der Waals surface area contributed by atoms with Crippen molar-refractivity contribution < 1.29 is 5.21 Å². The Morgan fingerprint density at radius 3 is 3.00 bits per heavy atom. The quantitative estimate of drug-likeness (QED) is 0.525. The van der Waals surface area contributed by atoms with E-state index in [2.05, 4.69) is 0 Å². The summed E-state index contributed by atoms with van der Waals surface area (Å²) in [4.78, 5) is 0. The van der Waals surface area contributed by atoms with Gasteiger partial charge in [0.2, 0.25) is 0 Å². The first-order valence-electron chi connectivity index (χ1n) is 3.76. The molecule has 0 fully saturated rings. The normalized spacial score (nSPS) is 14.9. The summed E-state index contributed by atoms with van der Waals surface area (Å²) < 4.78 is 1.14. The maximum Gasteiger partial charge on any atom is 0.0619 e. The van der Waals surface area contributed by atoms with Gasteiger partial charge in [-0.1, -0.05) is 0 Å². The summed E-state index contributed by atoms with van der Waals surface area (Å²) in [5.41, 5.74) is 1.92. The smallest absolute Gasteiger partial charge is 0.0619 e. The SMILES string of the molecule is N=c1ccn(O)c2c1CCC2. The second-order valence-corrected chi connectivity index (χ2v) is 2.85. The molecule has 3 nitrogen and oxygen atoms in total. The molecule has 0 saturated carbocycles. The van der Waals surface area contributed by atoms with Crippen LogP contribution < -0.4 is 5.36 Å². The van der Waals surface area contributed by atoms with E-state index in [1.807, 2.05) is 0 Å². The molecule has 2 N–H and O–H groups in total. The number of rotatable bonds is 0. The summed E-state index contributed by atoms with van der Waals surface area (Å²) in [6.07, 6.45) is 4.44. The van der Waals surface area contributed by atoms with Gasteiger partial charge in [-0.05, 0) is 25.3 Å². The van der Waals surface area contributed by atoms with Gasteiger partial charge in [-0.2, -0.15) is 4.73 Å². The zero-order valence-electron chi connectivity index (χ0n) is 6.17. The van der Waals surface area contributed by atoms with Crippen molar-refractivity contribution in [1.29, 1.82) is 5.41 Å². The highest BCUT2D eigenvalue weighted by Gasteiger charge is 2.14. The van der Waals surface area contributed by atoms with Crippen molar-refractivity contribution in [2.45, 2.75) is 19.3 Å². The predicted octanol–water partition coefficient (Wildman–Crippen LogP) is 0.694. The number of hydrogen-bond donors (Lipinski definition) is 2. The Morgan fingerprint density at radius 2 is 2.27 bits per heavy atom. The molecule has 0 aromatic carbocycles. The Bertz CT molecular complexity index is 340. The van der Waals surface area contributed by atoms with Crippen LogP contribution in [0.1, 0.15) is 17.7 Å². The maximum absolute atomic E-state index is 9.29. The second-order valence-electron chi connectivity index (χ2n) is 2.85. The number of nitrogens with one attached hydrogen (secondary N) is 1. The number of hydrogen-bond acceptors (Lipinski definition) is 2. The van der Waals surface area contributed by atoms with E-state index < -0.39 is 0 Å². The van der Waals surface area contributed by atoms with Gasteiger partial charge in [-0.25, -0.2) is 0 Å². The van der Waals surface area contributed by atoms with E-state index >= 15 is 0 Å². The molecule has 1 aromatic rings. The highest BCUT2D eigenvalue weighted by atomic mass is 16.5. The van der Waals surface area contributed by atoms with E-state index in [-0.39, 0.29) is 0 Å². The minimum atomic E-state index is 0.558. The van der Waals surface area contributed by atoms with Gasteiger partial charge in [0.15, 0.2) is 0 Å². The molecule has 0 amide bonds.